The van der Waals surface area contributed by atoms with Crippen molar-refractivity contribution in [3.8, 4) is 23.0 Å². The molecule has 0 aliphatic carbocycles. The molecule has 0 amide bonds. The molecule has 0 fully saturated rings. The fourth-order valence-corrected chi connectivity index (χ4v) is 5.49. The number of halogens is 2. The van der Waals surface area contributed by atoms with E-state index in [1.165, 1.54) is 24.3 Å². The molecule has 314 valence electrons. The fraction of sp³-hybridized carbons (Fsp3) is 0.435. The van der Waals surface area contributed by atoms with Gasteiger partial charge in [-0.1, -0.05) is 77.4 Å². The zero-order valence-electron chi connectivity index (χ0n) is 33.8. The fourth-order valence-electron chi connectivity index (χ4n) is 5.49. The van der Waals surface area contributed by atoms with Crippen molar-refractivity contribution in [1.82, 2.24) is 0 Å². The number of unbranched alkanes of at least 4 members (excludes halogenated alkanes) is 12. The van der Waals surface area contributed by atoms with Crippen LogP contribution < -0.4 is 18.9 Å². The Morgan fingerprint density at radius 2 is 0.759 bits per heavy atom. The summed E-state index contributed by atoms with van der Waals surface area (Å²) in [5, 5.41) is 0. The van der Waals surface area contributed by atoms with Gasteiger partial charge in [-0.2, -0.15) is 0 Å². The van der Waals surface area contributed by atoms with Crippen LogP contribution in [0.4, 0.5) is 8.78 Å². The molecule has 0 saturated carbocycles. The zero-order chi connectivity index (χ0) is 42.1. The average Bonchev–Trinajstić information content (AvgIpc) is 3.20. The third-order valence-corrected chi connectivity index (χ3v) is 8.85. The Morgan fingerprint density at radius 1 is 0.466 bits per heavy atom. The number of carbonyl (C=O) groups is 4. The molecule has 0 radical (unpaired) electrons. The van der Waals surface area contributed by atoms with Gasteiger partial charge in [-0.15, -0.1) is 0 Å². The van der Waals surface area contributed by atoms with E-state index >= 15 is 0 Å². The minimum absolute atomic E-state index is 0.105. The number of hydrogen-bond acceptors (Lipinski definition) is 10. The Balaban J connectivity index is 1.30. The third kappa shape index (κ3) is 18.2. The number of ether oxygens (including phenoxy) is 6. The van der Waals surface area contributed by atoms with Crippen LogP contribution in [0.1, 0.15) is 124 Å². The highest BCUT2D eigenvalue weighted by molar-refractivity contribution is 5.92. The second kappa shape index (κ2) is 26.4. The van der Waals surface area contributed by atoms with E-state index in [1.54, 1.807) is 38.1 Å². The van der Waals surface area contributed by atoms with Gasteiger partial charge in [-0.25, -0.2) is 28.0 Å². The van der Waals surface area contributed by atoms with Crippen molar-refractivity contribution in [1.29, 1.82) is 0 Å². The smallest absolute Gasteiger partial charge is 0.343 e. The van der Waals surface area contributed by atoms with Crippen molar-refractivity contribution in [2.75, 3.05) is 26.4 Å². The Bertz CT molecular complexity index is 1660. The second-order valence-electron chi connectivity index (χ2n) is 14.0. The van der Waals surface area contributed by atoms with Gasteiger partial charge >= 0.3 is 23.9 Å². The van der Waals surface area contributed by atoms with Gasteiger partial charge in [0.15, 0.2) is 23.1 Å². The van der Waals surface area contributed by atoms with Crippen molar-refractivity contribution in [2.45, 2.75) is 104 Å². The molecule has 0 heterocycles. The van der Waals surface area contributed by atoms with Crippen LogP contribution in [0.25, 0.3) is 0 Å². The lowest BCUT2D eigenvalue weighted by molar-refractivity contribution is -0.139. The van der Waals surface area contributed by atoms with Gasteiger partial charge in [0.2, 0.25) is 0 Å². The van der Waals surface area contributed by atoms with E-state index in [1.807, 2.05) is 0 Å². The molecule has 0 aromatic heterocycles. The highest BCUT2D eigenvalue weighted by Gasteiger charge is 2.19. The molecule has 0 aliphatic rings. The van der Waals surface area contributed by atoms with E-state index in [2.05, 4.69) is 13.2 Å². The molecule has 0 aliphatic heterocycles. The first-order valence-corrected chi connectivity index (χ1v) is 20.0. The van der Waals surface area contributed by atoms with Crippen LogP contribution in [0.5, 0.6) is 23.0 Å². The van der Waals surface area contributed by atoms with Gasteiger partial charge in [0.25, 0.3) is 0 Å². The Kier molecular flexibility index (Phi) is 21.3. The van der Waals surface area contributed by atoms with E-state index in [9.17, 15) is 28.0 Å². The Morgan fingerprint density at radius 3 is 1.07 bits per heavy atom. The number of benzene rings is 3. The average molecular weight is 807 g/mol. The molecule has 0 unspecified atom stereocenters. The summed E-state index contributed by atoms with van der Waals surface area (Å²) < 4.78 is 61.6. The van der Waals surface area contributed by atoms with Crippen molar-refractivity contribution in [3.05, 3.63) is 108 Å². The molecule has 3 rings (SSSR count). The maximum atomic E-state index is 14.9. The number of rotatable bonds is 28. The summed E-state index contributed by atoms with van der Waals surface area (Å²) in [5.74, 6) is -4.90. The molecule has 10 nitrogen and oxygen atoms in total. The predicted molar refractivity (Wildman–Crippen MR) is 216 cm³/mol. The second-order valence-corrected chi connectivity index (χ2v) is 14.0. The monoisotopic (exact) mass is 806 g/mol. The van der Waals surface area contributed by atoms with Crippen LogP contribution in [-0.4, -0.2) is 50.3 Å². The van der Waals surface area contributed by atoms with Gasteiger partial charge in [-0.05, 0) is 88.1 Å². The highest BCUT2D eigenvalue weighted by atomic mass is 19.1. The summed E-state index contributed by atoms with van der Waals surface area (Å²) in [6.45, 7) is 12.2. The van der Waals surface area contributed by atoms with Gasteiger partial charge in [0, 0.05) is 23.3 Å². The van der Waals surface area contributed by atoms with Gasteiger partial charge in [-0.3, -0.25) is 0 Å². The lowest BCUT2D eigenvalue weighted by Gasteiger charge is -2.11. The van der Waals surface area contributed by atoms with Crippen molar-refractivity contribution in [2.24, 2.45) is 0 Å². The quantitative estimate of drug-likeness (QED) is 0.0303. The predicted octanol–water partition coefficient (Wildman–Crippen LogP) is 10.9. The highest BCUT2D eigenvalue weighted by Crippen LogP contribution is 2.28. The summed E-state index contributed by atoms with van der Waals surface area (Å²) in [7, 11) is 0. The summed E-state index contributed by atoms with van der Waals surface area (Å²) in [4.78, 5) is 48.1. The number of hydrogen-bond donors (Lipinski definition) is 0. The first kappa shape index (κ1) is 46.9. The lowest BCUT2D eigenvalue weighted by Crippen LogP contribution is -2.12. The molecule has 0 atom stereocenters. The molecule has 3 aromatic carbocycles. The Labute approximate surface area is 340 Å². The first-order valence-electron chi connectivity index (χ1n) is 20.0. The number of carbonyl (C=O) groups excluding carboxylic acids is 4. The topological polar surface area (TPSA) is 124 Å². The van der Waals surface area contributed by atoms with E-state index in [0.717, 1.165) is 89.9 Å². The molecular formula is C46H56F2O10. The van der Waals surface area contributed by atoms with E-state index in [-0.39, 0.29) is 23.1 Å². The van der Waals surface area contributed by atoms with E-state index in [0.29, 0.717) is 61.2 Å². The maximum absolute atomic E-state index is 14.9. The van der Waals surface area contributed by atoms with Crippen molar-refractivity contribution < 1.29 is 56.4 Å². The molecular weight excluding hydrogens is 750 g/mol. The summed E-state index contributed by atoms with van der Waals surface area (Å²) >= 11 is 0. The third-order valence-electron chi connectivity index (χ3n) is 8.85. The molecule has 0 bridgehead atoms. The van der Waals surface area contributed by atoms with Gasteiger partial charge < -0.3 is 28.4 Å². The largest absolute Gasteiger partial charge is 0.494 e. The molecule has 3 aromatic rings. The normalized spacial score (nSPS) is 10.7. The minimum atomic E-state index is -1.09. The van der Waals surface area contributed by atoms with Crippen LogP contribution >= 0.6 is 0 Å². The van der Waals surface area contributed by atoms with Crippen LogP contribution in [0.15, 0.2) is 85.0 Å². The maximum Gasteiger partial charge on any atom is 0.343 e. The standard InChI is InChI=1S/C46H56F2O10/c1-33(2)43(49)55-29-17-13-9-5-7-11-15-27-53-37-23-19-35(20-24-37)45(51)57-41-31-40(48)42(32-39(41)47)58-46(52)36-21-25-38(26-22-36)54-28-16-12-8-6-10-14-18-30-56-44(50)34(3)4/h19-26,31-32H,1,3,5-18,27-30H2,2,4H3. The summed E-state index contributed by atoms with van der Waals surface area (Å²) in [5.41, 5.74) is 1.02. The van der Waals surface area contributed by atoms with Crippen LogP contribution in [0, 0.1) is 11.6 Å². The summed E-state index contributed by atoms with van der Waals surface area (Å²) in [6.07, 6.45) is 13.8. The van der Waals surface area contributed by atoms with Crippen molar-refractivity contribution in [3.63, 3.8) is 0 Å². The minimum Gasteiger partial charge on any atom is -0.494 e. The molecule has 0 saturated heterocycles. The van der Waals surface area contributed by atoms with Crippen LogP contribution in [-0.2, 0) is 19.1 Å². The molecule has 58 heavy (non-hydrogen) atoms. The van der Waals surface area contributed by atoms with Gasteiger partial charge in [0.05, 0.1) is 37.6 Å². The summed E-state index contributed by atoms with van der Waals surface area (Å²) in [6, 6.07) is 13.5. The zero-order valence-corrected chi connectivity index (χ0v) is 33.8. The van der Waals surface area contributed by atoms with Crippen LogP contribution in [0.3, 0.4) is 0 Å². The molecule has 12 heteroatoms. The van der Waals surface area contributed by atoms with E-state index in [4.69, 9.17) is 28.4 Å². The molecule has 0 N–H and O–H groups in total. The lowest BCUT2D eigenvalue weighted by atomic mass is 10.1. The van der Waals surface area contributed by atoms with Crippen LogP contribution in [0.2, 0.25) is 0 Å². The van der Waals surface area contributed by atoms with Crippen molar-refractivity contribution >= 4 is 23.9 Å². The first-order chi connectivity index (χ1) is 27.9. The van der Waals surface area contributed by atoms with Gasteiger partial charge in [0.1, 0.15) is 11.5 Å². The Hall–Kier alpha value is -5.52. The molecule has 0 spiro atoms. The number of esters is 4. The SMILES string of the molecule is C=C(C)C(=O)OCCCCCCCCCOc1ccc(C(=O)Oc2cc(F)c(OC(=O)c3ccc(OCCCCCCCCCOC(=O)C(=C)C)cc3)cc2F)cc1. The van der Waals surface area contributed by atoms with E-state index < -0.39 is 35.1 Å².